The fourth-order valence-electron chi connectivity index (χ4n) is 2.28. The zero-order valence-corrected chi connectivity index (χ0v) is 13.7. The Hall–Kier alpha value is -2.68. The summed E-state index contributed by atoms with van der Waals surface area (Å²) in [5.41, 5.74) is -0.102. The van der Waals surface area contributed by atoms with E-state index in [2.05, 4.69) is 4.99 Å². The third-order valence-corrected chi connectivity index (χ3v) is 4.54. The van der Waals surface area contributed by atoms with Gasteiger partial charge >= 0.3 is 0 Å². The molecule has 0 bridgehead atoms. The van der Waals surface area contributed by atoms with E-state index >= 15 is 0 Å². The molecule has 0 unspecified atom stereocenters. The molecule has 3 rings (SSSR count). The van der Waals surface area contributed by atoms with Gasteiger partial charge in [0.1, 0.15) is 23.7 Å². The summed E-state index contributed by atoms with van der Waals surface area (Å²) in [7, 11) is -1.96. The van der Waals surface area contributed by atoms with Crippen molar-refractivity contribution in [2.24, 2.45) is 12.0 Å². The minimum absolute atomic E-state index is 0.0522. The minimum atomic E-state index is -3.46. The molecule has 0 spiro atoms. The van der Waals surface area contributed by atoms with E-state index in [0.717, 1.165) is 16.6 Å². The molecular formula is C15H14FN3O4S. The molecule has 7 nitrogen and oxygen atoms in total. The summed E-state index contributed by atoms with van der Waals surface area (Å²) < 4.78 is 44.3. The van der Waals surface area contributed by atoms with Gasteiger partial charge in [-0.1, -0.05) is 6.07 Å². The molecule has 0 atom stereocenters. The van der Waals surface area contributed by atoms with Gasteiger partial charge in [0.2, 0.25) is 10.0 Å². The first-order valence-corrected chi connectivity index (χ1v) is 8.77. The van der Waals surface area contributed by atoms with Crippen LogP contribution in [0.2, 0.25) is 0 Å². The number of aromatic nitrogens is 1. The zero-order valence-electron chi connectivity index (χ0n) is 12.9. The Kier molecular flexibility index (Phi) is 3.88. The van der Waals surface area contributed by atoms with Crippen LogP contribution in [0.1, 0.15) is 0 Å². The van der Waals surface area contributed by atoms with Crippen molar-refractivity contribution in [2.75, 3.05) is 12.9 Å². The predicted molar refractivity (Wildman–Crippen MR) is 85.0 cm³/mol. The van der Waals surface area contributed by atoms with Crippen molar-refractivity contribution in [1.82, 2.24) is 8.87 Å². The molecule has 1 aliphatic rings. The minimum Gasteiger partial charge on any atom is -0.451 e. The molecule has 0 saturated heterocycles. The number of rotatable bonds is 3. The lowest BCUT2D eigenvalue weighted by Gasteiger charge is -2.19. The van der Waals surface area contributed by atoms with Gasteiger partial charge in [-0.3, -0.25) is 13.7 Å². The molecular weight excluding hydrogens is 337 g/mol. The van der Waals surface area contributed by atoms with E-state index in [1.54, 1.807) is 0 Å². The number of fused-ring (bicyclic) bond motifs is 1. The fraction of sp³-hybridized carbons (Fsp3) is 0.200. The van der Waals surface area contributed by atoms with Crippen LogP contribution in [0.3, 0.4) is 0 Å². The summed E-state index contributed by atoms with van der Waals surface area (Å²) in [5.74, 6) is -0.379. The van der Waals surface area contributed by atoms with Crippen LogP contribution in [0.5, 0.6) is 11.5 Å². The second-order valence-electron chi connectivity index (χ2n) is 5.29. The van der Waals surface area contributed by atoms with E-state index in [4.69, 9.17) is 4.74 Å². The molecule has 1 aromatic heterocycles. The van der Waals surface area contributed by atoms with Crippen LogP contribution in [0.25, 0.3) is 6.20 Å². The quantitative estimate of drug-likeness (QED) is 0.774. The summed E-state index contributed by atoms with van der Waals surface area (Å²) in [6.45, 7) is -0.0940. The lowest BCUT2D eigenvalue weighted by atomic mass is 10.3. The van der Waals surface area contributed by atoms with Gasteiger partial charge in [0.25, 0.3) is 5.56 Å². The highest BCUT2D eigenvalue weighted by atomic mass is 32.2. The first kappa shape index (κ1) is 16.2. The molecule has 1 aliphatic heterocycles. The summed E-state index contributed by atoms with van der Waals surface area (Å²) in [6.07, 6.45) is 2.45. The molecule has 0 radical (unpaired) electrons. The molecule has 126 valence electrons. The second-order valence-corrected chi connectivity index (χ2v) is 7.22. The molecule has 0 amide bonds. The lowest BCUT2D eigenvalue weighted by molar-refractivity contribution is 0.459. The van der Waals surface area contributed by atoms with Gasteiger partial charge < -0.3 is 4.74 Å². The second kappa shape index (κ2) is 5.75. The number of pyridine rings is 1. The van der Waals surface area contributed by atoms with E-state index in [9.17, 15) is 17.6 Å². The molecule has 2 heterocycles. The SMILES string of the molecule is Cn1c(=O)c(Oc2cccc(F)c2)cc2c1=NCN(S(C)(=O)=O)C=2. The highest BCUT2D eigenvalue weighted by Crippen LogP contribution is 2.17. The zero-order chi connectivity index (χ0) is 17.5. The van der Waals surface area contributed by atoms with E-state index in [1.807, 2.05) is 0 Å². The third kappa shape index (κ3) is 3.02. The number of ether oxygens (including phenoxy) is 1. The number of hydrogen-bond acceptors (Lipinski definition) is 5. The topological polar surface area (TPSA) is 81.0 Å². The van der Waals surface area contributed by atoms with Gasteiger partial charge in [-0.2, -0.15) is 0 Å². The molecule has 2 aromatic rings. The van der Waals surface area contributed by atoms with Crippen LogP contribution in [0.4, 0.5) is 4.39 Å². The van der Waals surface area contributed by atoms with Gasteiger partial charge in [-0.15, -0.1) is 0 Å². The number of benzene rings is 1. The van der Waals surface area contributed by atoms with Crippen LogP contribution in [-0.4, -0.2) is 30.2 Å². The normalized spacial score (nSPS) is 13.7. The molecule has 0 saturated carbocycles. The fourth-order valence-corrected chi connectivity index (χ4v) is 2.85. The smallest absolute Gasteiger partial charge is 0.294 e. The average molecular weight is 351 g/mol. The third-order valence-electron chi connectivity index (χ3n) is 3.47. The number of halogens is 1. The number of sulfonamides is 1. The van der Waals surface area contributed by atoms with Crippen molar-refractivity contribution >= 4 is 16.2 Å². The summed E-state index contributed by atoms with van der Waals surface area (Å²) in [4.78, 5) is 16.5. The van der Waals surface area contributed by atoms with Gasteiger partial charge in [0.15, 0.2) is 5.75 Å². The van der Waals surface area contributed by atoms with Crippen LogP contribution in [0.15, 0.2) is 40.1 Å². The first-order chi connectivity index (χ1) is 11.3. The highest BCUT2D eigenvalue weighted by molar-refractivity contribution is 7.88. The van der Waals surface area contributed by atoms with Crippen molar-refractivity contribution < 1.29 is 17.5 Å². The van der Waals surface area contributed by atoms with Crippen molar-refractivity contribution in [2.45, 2.75) is 0 Å². The largest absolute Gasteiger partial charge is 0.451 e. The number of nitrogens with zero attached hydrogens (tertiary/aromatic N) is 3. The average Bonchev–Trinajstić information content (AvgIpc) is 2.51. The van der Waals surface area contributed by atoms with Crippen LogP contribution in [-0.2, 0) is 17.1 Å². The maximum absolute atomic E-state index is 13.2. The highest BCUT2D eigenvalue weighted by Gasteiger charge is 2.17. The van der Waals surface area contributed by atoms with Crippen molar-refractivity contribution in [1.29, 1.82) is 0 Å². The van der Waals surface area contributed by atoms with Gasteiger partial charge in [-0.25, -0.2) is 17.8 Å². The predicted octanol–water partition coefficient (Wildman–Crippen LogP) is -0.0930. The molecule has 9 heteroatoms. The van der Waals surface area contributed by atoms with Crippen LogP contribution in [0, 0.1) is 5.82 Å². The lowest BCUT2D eigenvalue weighted by Crippen LogP contribution is -2.47. The Labute approximate surface area is 137 Å². The Morgan fingerprint density at radius 1 is 1.29 bits per heavy atom. The van der Waals surface area contributed by atoms with E-state index in [1.165, 1.54) is 42.1 Å². The van der Waals surface area contributed by atoms with Crippen molar-refractivity contribution in [3.8, 4) is 11.5 Å². The summed E-state index contributed by atoms with van der Waals surface area (Å²) >= 11 is 0. The van der Waals surface area contributed by atoms with E-state index < -0.39 is 21.4 Å². The number of hydrogen-bond donors (Lipinski definition) is 0. The maximum Gasteiger partial charge on any atom is 0.294 e. The van der Waals surface area contributed by atoms with E-state index in [-0.39, 0.29) is 18.2 Å². The first-order valence-electron chi connectivity index (χ1n) is 6.92. The Bertz CT molecular complexity index is 1090. The molecule has 0 N–H and O–H groups in total. The van der Waals surface area contributed by atoms with Crippen molar-refractivity contribution in [3.63, 3.8) is 0 Å². The Morgan fingerprint density at radius 2 is 2.04 bits per heavy atom. The van der Waals surface area contributed by atoms with Crippen molar-refractivity contribution in [3.05, 3.63) is 57.2 Å². The van der Waals surface area contributed by atoms with Crippen LogP contribution < -0.4 is 21.0 Å². The standard InChI is InChI=1S/C15H14FN3O4S/c1-18-14-10(8-19(9-17-14)24(2,21)22)6-13(15(18)20)23-12-5-3-4-11(16)7-12/h3-8H,9H2,1-2H3. The molecule has 0 aliphatic carbocycles. The molecule has 0 fully saturated rings. The van der Waals surface area contributed by atoms with Gasteiger partial charge in [-0.05, 0) is 18.2 Å². The van der Waals surface area contributed by atoms with Crippen LogP contribution >= 0.6 is 0 Å². The molecule has 1 aromatic carbocycles. The maximum atomic E-state index is 13.2. The monoisotopic (exact) mass is 351 g/mol. The van der Waals surface area contributed by atoms with Gasteiger partial charge in [0, 0.05) is 24.5 Å². The molecule has 24 heavy (non-hydrogen) atoms. The summed E-state index contributed by atoms with van der Waals surface area (Å²) in [6, 6.07) is 6.77. The van der Waals surface area contributed by atoms with Gasteiger partial charge in [0.05, 0.1) is 6.26 Å². The Morgan fingerprint density at radius 3 is 2.71 bits per heavy atom. The Balaban J connectivity index is 2.14. The van der Waals surface area contributed by atoms with E-state index in [0.29, 0.717) is 10.7 Å². The summed E-state index contributed by atoms with van der Waals surface area (Å²) in [5, 5.41) is 0.417.